The molecule has 6 heteroatoms. The minimum atomic E-state index is -0.158. The number of aromatic nitrogens is 3. The number of fused-ring (bicyclic) bond motifs is 1. The maximum absolute atomic E-state index is 12.7. The summed E-state index contributed by atoms with van der Waals surface area (Å²) in [6, 6.07) is 3.66. The molecule has 6 nitrogen and oxygen atoms in total. The molecule has 2 aromatic rings. The van der Waals surface area contributed by atoms with E-state index in [0.717, 1.165) is 31.4 Å². The smallest absolute Gasteiger partial charge is 0.331 e. The second-order valence-corrected chi connectivity index (χ2v) is 6.12. The van der Waals surface area contributed by atoms with Crippen molar-refractivity contribution in [1.82, 2.24) is 19.0 Å². The number of nitrogens with zero attached hydrogens (tertiary/aromatic N) is 4. The maximum atomic E-state index is 12.7. The lowest BCUT2D eigenvalue weighted by Crippen LogP contribution is -2.39. The molecule has 0 spiro atoms. The number of hydrogen-bond acceptors (Lipinski definition) is 3. The zero-order chi connectivity index (χ0) is 15.7. The van der Waals surface area contributed by atoms with Crippen molar-refractivity contribution in [3.05, 3.63) is 28.8 Å². The summed E-state index contributed by atoms with van der Waals surface area (Å²) < 4.78 is 3.21. The molecule has 0 aliphatic carbocycles. The van der Waals surface area contributed by atoms with Gasteiger partial charge in [0, 0.05) is 25.3 Å². The van der Waals surface area contributed by atoms with E-state index in [2.05, 4.69) is 4.98 Å². The fraction of sp³-hybridized carbons (Fsp3) is 0.562. The van der Waals surface area contributed by atoms with Crippen molar-refractivity contribution < 1.29 is 4.79 Å². The van der Waals surface area contributed by atoms with Crippen LogP contribution in [0.3, 0.4) is 0 Å². The van der Waals surface area contributed by atoms with E-state index in [1.165, 1.54) is 6.42 Å². The zero-order valence-electron chi connectivity index (χ0n) is 13.2. The average molecular weight is 302 g/mol. The number of piperidine rings is 1. The van der Waals surface area contributed by atoms with E-state index in [4.69, 9.17) is 0 Å². The highest BCUT2D eigenvalue weighted by Gasteiger charge is 2.21. The van der Waals surface area contributed by atoms with Gasteiger partial charge in [0.1, 0.15) is 6.54 Å². The minimum Gasteiger partial charge on any atom is -0.341 e. The van der Waals surface area contributed by atoms with Gasteiger partial charge in [-0.25, -0.2) is 9.78 Å². The number of carbonyl (C=O) groups is 1. The van der Waals surface area contributed by atoms with Gasteiger partial charge in [0.25, 0.3) is 0 Å². The first kappa shape index (κ1) is 14.8. The summed E-state index contributed by atoms with van der Waals surface area (Å²) in [6.07, 6.45) is 4.96. The van der Waals surface area contributed by atoms with Crippen LogP contribution in [0.15, 0.2) is 23.1 Å². The number of rotatable bonds is 3. The molecule has 0 aromatic carbocycles. The van der Waals surface area contributed by atoms with Gasteiger partial charge in [-0.3, -0.25) is 13.9 Å². The van der Waals surface area contributed by atoms with Gasteiger partial charge in [-0.05, 0) is 45.2 Å². The van der Waals surface area contributed by atoms with E-state index in [1.54, 1.807) is 21.4 Å². The van der Waals surface area contributed by atoms with Crippen LogP contribution in [-0.4, -0.2) is 38.0 Å². The van der Waals surface area contributed by atoms with Gasteiger partial charge >= 0.3 is 5.69 Å². The molecule has 1 amide bonds. The van der Waals surface area contributed by atoms with Gasteiger partial charge in [0.2, 0.25) is 5.91 Å². The van der Waals surface area contributed by atoms with E-state index in [0.29, 0.717) is 5.65 Å². The van der Waals surface area contributed by atoms with Crippen molar-refractivity contribution in [2.75, 3.05) is 13.1 Å². The molecule has 0 saturated carbocycles. The van der Waals surface area contributed by atoms with E-state index in [9.17, 15) is 9.59 Å². The van der Waals surface area contributed by atoms with Gasteiger partial charge in [0.15, 0.2) is 5.65 Å². The summed E-state index contributed by atoms with van der Waals surface area (Å²) in [4.78, 5) is 31.3. The Morgan fingerprint density at radius 3 is 2.68 bits per heavy atom. The first-order chi connectivity index (χ1) is 10.6. The lowest BCUT2D eigenvalue weighted by atomic mass is 10.1. The van der Waals surface area contributed by atoms with Gasteiger partial charge in [-0.1, -0.05) is 0 Å². The molecule has 0 unspecified atom stereocenters. The van der Waals surface area contributed by atoms with Crippen molar-refractivity contribution in [1.29, 1.82) is 0 Å². The third kappa shape index (κ3) is 2.53. The zero-order valence-corrected chi connectivity index (χ0v) is 13.2. The van der Waals surface area contributed by atoms with Crippen molar-refractivity contribution in [3.63, 3.8) is 0 Å². The SMILES string of the molecule is CC(C)n1c(=O)n(CC(=O)N2CCCCC2)c2cccnc21. The van der Waals surface area contributed by atoms with Gasteiger partial charge in [0.05, 0.1) is 5.52 Å². The molecule has 0 bridgehead atoms. The summed E-state index contributed by atoms with van der Waals surface area (Å²) in [5.41, 5.74) is 1.22. The summed E-state index contributed by atoms with van der Waals surface area (Å²) in [7, 11) is 0. The Bertz CT molecular complexity index is 738. The van der Waals surface area contributed by atoms with Crippen molar-refractivity contribution in [2.45, 2.75) is 45.7 Å². The second-order valence-electron chi connectivity index (χ2n) is 6.12. The number of likely N-dealkylation sites (tertiary alicyclic amines) is 1. The van der Waals surface area contributed by atoms with Crippen molar-refractivity contribution in [2.24, 2.45) is 0 Å². The van der Waals surface area contributed by atoms with Crippen LogP contribution in [0.4, 0.5) is 0 Å². The van der Waals surface area contributed by atoms with E-state index in [1.807, 2.05) is 24.8 Å². The average Bonchev–Trinajstić information content (AvgIpc) is 2.81. The van der Waals surface area contributed by atoms with Crippen LogP contribution in [-0.2, 0) is 11.3 Å². The Morgan fingerprint density at radius 1 is 1.27 bits per heavy atom. The second kappa shape index (κ2) is 5.94. The first-order valence-electron chi connectivity index (χ1n) is 7.93. The van der Waals surface area contributed by atoms with Crippen LogP contribution in [0.1, 0.15) is 39.2 Å². The summed E-state index contributed by atoms with van der Waals surface area (Å²) >= 11 is 0. The minimum absolute atomic E-state index is 0.0104. The summed E-state index contributed by atoms with van der Waals surface area (Å²) in [5, 5.41) is 0. The fourth-order valence-electron chi connectivity index (χ4n) is 3.11. The Balaban J connectivity index is 1.98. The predicted molar refractivity (Wildman–Crippen MR) is 84.8 cm³/mol. The molecule has 1 aliphatic heterocycles. The summed E-state index contributed by atoms with van der Waals surface area (Å²) in [5.74, 6) is 0.0217. The molecular formula is C16H22N4O2. The van der Waals surface area contributed by atoms with Crippen LogP contribution in [0, 0.1) is 0 Å². The quantitative estimate of drug-likeness (QED) is 0.868. The molecule has 1 fully saturated rings. The lowest BCUT2D eigenvalue weighted by Gasteiger charge is -2.26. The van der Waals surface area contributed by atoms with E-state index >= 15 is 0 Å². The van der Waals surface area contributed by atoms with Crippen LogP contribution in [0.5, 0.6) is 0 Å². The molecule has 22 heavy (non-hydrogen) atoms. The molecule has 1 saturated heterocycles. The van der Waals surface area contributed by atoms with Gasteiger partial charge in [-0.2, -0.15) is 0 Å². The first-order valence-corrected chi connectivity index (χ1v) is 7.93. The number of hydrogen-bond donors (Lipinski definition) is 0. The van der Waals surface area contributed by atoms with Gasteiger partial charge < -0.3 is 4.90 Å². The maximum Gasteiger partial charge on any atom is 0.331 e. The summed E-state index contributed by atoms with van der Waals surface area (Å²) in [6.45, 7) is 5.60. The number of pyridine rings is 1. The van der Waals surface area contributed by atoms with Crippen molar-refractivity contribution >= 4 is 17.1 Å². The monoisotopic (exact) mass is 302 g/mol. The number of amides is 1. The molecule has 3 heterocycles. The molecule has 1 aliphatic rings. The Kier molecular flexibility index (Phi) is 4.00. The highest BCUT2D eigenvalue weighted by molar-refractivity contribution is 5.79. The third-order valence-electron chi connectivity index (χ3n) is 4.24. The Morgan fingerprint density at radius 2 is 2.00 bits per heavy atom. The van der Waals surface area contributed by atoms with Crippen molar-refractivity contribution in [3.8, 4) is 0 Å². The Hall–Kier alpha value is -2.11. The molecular weight excluding hydrogens is 280 g/mol. The standard InChI is InChI=1S/C16H22N4O2/c1-12(2)20-15-13(7-6-8-17-15)19(16(20)22)11-14(21)18-9-4-3-5-10-18/h6-8,12H,3-5,9-11H2,1-2H3. The highest BCUT2D eigenvalue weighted by atomic mass is 16.2. The molecule has 118 valence electrons. The van der Waals surface area contributed by atoms with Crippen LogP contribution < -0.4 is 5.69 Å². The normalized spacial score (nSPS) is 15.7. The number of imidazole rings is 1. The topological polar surface area (TPSA) is 60.1 Å². The third-order valence-corrected chi connectivity index (χ3v) is 4.24. The van der Waals surface area contributed by atoms with E-state index < -0.39 is 0 Å². The fourth-order valence-corrected chi connectivity index (χ4v) is 3.11. The largest absolute Gasteiger partial charge is 0.341 e. The van der Waals surface area contributed by atoms with E-state index in [-0.39, 0.29) is 24.2 Å². The van der Waals surface area contributed by atoms with Gasteiger partial charge in [-0.15, -0.1) is 0 Å². The van der Waals surface area contributed by atoms with Crippen LogP contribution >= 0.6 is 0 Å². The number of carbonyl (C=O) groups excluding carboxylic acids is 1. The van der Waals surface area contributed by atoms with Crippen LogP contribution in [0.2, 0.25) is 0 Å². The lowest BCUT2D eigenvalue weighted by molar-refractivity contribution is -0.132. The molecule has 2 aromatic heterocycles. The predicted octanol–water partition coefficient (Wildman–Crippen LogP) is 1.79. The van der Waals surface area contributed by atoms with Crippen LogP contribution in [0.25, 0.3) is 11.2 Å². The molecule has 0 atom stereocenters. The molecule has 0 radical (unpaired) electrons. The Labute approximate surface area is 129 Å². The molecule has 0 N–H and O–H groups in total. The molecule has 3 rings (SSSR count). The highest BCUT2D eigenvalue weighted by Crippen LogP contribution is 2.15.